The molecule has 0 saturated heterocycles. The van der Waals surface area contributed by atoms with Gasteiger partial charge in [-0.1, -0.05) is 0 Å². The fourth-order valence-corrected chi connectivity index (χ4v) is 1.38. The lowest BCUT2D eigenvalue weighted by molar-refractivity contribution is 0.231. The molecule has 0 atom stereocenters. The highest BCUT2D eigenvalue weighted by Crippen LogP contribution is 1.93. The second-order valence-electron chi connectivity index (χ2n) is 3.17. The minimum Gasteiger partial charge on any atom is -0.330 e. The summed E-state index contributed by atoms with van der Waals surface area (Å²) in [6.45, 7) is 5.30. The van der Waals surface area contributed by atoms with Gasteiger partial charge in [0.15, 0.2) is 0 Å². The van der Waals surface area contributed by atoms with Crippen LogP contribution in [0.1, 0.15) is 20.3 Å². The first-order valence-electron chi connectivity index (χ1n) is 5.28. The van der Waals surface area contributed by atoms with E-state index in [0.717, 1.165) is 19.5 Å². The highest BCUT2D eigenvalue weighted by atomic mass is 32.3. The van der Waals surface area contributed by atoms with E-state index >= 15 is 0 Å². The Hall–Kier alpha value is -0.210. The third-order valence-corrected chi connectivity index (χ3v) is 2.38. The summed E-state index contributed by atoms with van der Waals surface area (Å²) in [6.07, 6.45) is 1.10. The molecule has 16 heavy (non-hydrogen) atoms. The van der Waals surface area contributed by atoms with Gasteiger partial charge in [0.05, 0.1) is 13.2 Å². The zero-order valence-corrected chi connectivity index (χ0v) is 11.4. The first-order chi connectivity index (χ1) is 7.39. The number of nitrogens with zero attached hydrogens (tertiary/aromatic N) is 1. The smallest absolute Gasteiger partial charge is 0.330 e. The molecule has 0 spiro atoms. The normalized spacial score (nSPS) is 11.1. The second kappa shape index (κ2) is 11.3. The van der Waals surface area contributed by atoms with Gasteiger partial charge in [0.2, 0.25) is 0 Å². The minimum absolute atomic E-state index is 0.113. The van der Waals surface area contributed by atoms with Crippen molar-refractivity contribution in [1.82, 2.24) is 4.90 Å². The van der Waals surface area contributed by atoms with Crippen molar-refractivity contribution in [3.8, 4) is 0 Å². The largest absolute Gasteiger partial charge is 0.399 e. The van der Waals surface area contributed by atoms with E-state index in [4.69, 9.17) is 5.73 Å². The van der Waals surface area contributed by atoms with E-state index in [1.807, 2.05) is 0 Å². The van der Waals surface area contributed by atoms with Crippen molar-refractivity contribution < 1.29 is 16.8 Å². The lowest BCUT2D eigenvalue weighted by Gasteiger charge is -2.05. The first-order valence-corrected chi connectivity index (χ1v) is 6.61. The predicted octanol–water partition coefficient (Wildman–Crippen LogP) is 0.201. The van der Waals surface area contributed by atoms with Gasteiger partial charge in [-0.15, -0.1) is 0 Å². The fourth-order valence-electron chi connectivity index (χ4n) is 0.730. The van der Waals surface area contributed by atoms with Crippen LogP contribution >= 0.6 is 0 Å². The average molecular weight is 256 g/mol. The van der Waals surface area contributed by atoms with Crippen molar-refractivity contribution in [3.05, 3.63) is 0 Å². The molecule has 6 nitrogen and oxygen atoms in total. The Morgan fingerprint density at radius 3 is 1.75 bits per heavy atom. The van der Waals surface area contributed by atoms with E-state index < -0.39 is 10.4 Å². The highest BCUT2D eigenvalue weighted by molar-refractivity contribution is 7.81. The maximum absolute atomic E-state index is 10.4. The van der Waals surface area contributed by atoms with Gasteiger partial charge >= 0.3 is 10.4 Å². The zero-order chi connectivity index (χ0) is 13.0. The molecule has 0 aromatic carbocycles. The maximum atomic E-state index is 10.4. The molecule has 0 fully saturated rings. The molecular weight excluding hydrogens is 232 g/mol. The molecule has 100 valence electrons. The third-order valence-electron chi connectivity index (χ3n) is 1.33. The van der Waals surface area contributed by atoms with Crippen LogP contribution in [0, 0.1) is 0 Å². The predicted molar refractivity (Wildman–Crippen MR) is 64.4 cm³/mol. The van der Waals surface area contributed by atoms with E-state index in [1.165, 1.54) is 0 Å². The number of hydrogen-bond donors (Lipinski definition) is 1. The van der Waals surface area contributed by atoms with Crippen molar-refractivity contribution >= 4 is 10.4 Å². The van der Waals surface area contributed by atoms with E-state index in [1.54, 1.807) is 13.8 Å². The van der Waals surface area contributed by atoms with Crippen LogP contribution in [0.15, 0.2) is 0 Å². The maximum Gasteiger partial charge on any atom is 0.399 e. The Kier molecular flexibility index (Phi) is 12.8. The zero-order valence-electron chi connectivity index (χ0n) is 10.6. The summed E-state index contributed by atoms with van der Waals surface area (Å²) >= 11 is 0. The Labute approximate surface area is 99.0 Å². The van der Waals surface area contributed by atoms with E-state index in [9.17, 15) is 8.42 Å². The Bertz CT molecular complexity index is 218. The van der Waals surface area contributed by atoms with Crippen LogP contribution in [0.2, 0.25) is 0 Å². The molecule has 2 N–H and O–H groups in total. The summed E-state index contributed by atoms with van der Waals surface area (Å²) in [4.78, 5) is 2.13. The lowest BCUT2D eigenvalue weighted by Crippen LogP contribution is -2.16. The van der Waals surface area contributed by atoms with Gasteiger partial charge in [0.1, 0.15) is 0 Å². The van der Waals surface area contributed by atoms with Crippen LogP contribution in [0.5, 0.6) is 0 Å². The number of rotatable bonds is 7. The molecule has 0 heterocycles. The highest BCUT2D eigenvalue weighted by Gasteiger charge is 2.06. The summed E-state index contributed by atoms with van der Waals surface area (Å²) in [5.41, 5.74) is 5.25. The molecule has 0 aromatic rings. The van der Waals surface area contributed by atoms with Gasteiger partial charge in [-0.3, -0.25) is 0 Å². The summed E-state index contributed by atoms with van der Waals surface area (Å²) in [7, 11) is 0.421. The van der Waals surface area contributed by atoms with Crippen molar-refractivity contribution in [3.63, 3.8) is 0 Å². The van der Waals surface area contributed by atoms with E-state index in [2.05, 4.69) is 27.4 Å². The molecule has 0 aliphatic rings. The molecule has 0 aromatic heterocycles. The van der Waals surface area contributed by atoms with Gasteiger partial charge in [-0.05, 0) is 47.5 Å². The second-order valence-corrected chi connectivity index (χ2v) is 4.45. The molecule has 0 aliphatic heterocycles. The molecular formula is C9H24N2O4S. The SMILES string of the molecule is CCOS(=O)(=O)OCC.CN(C)CCCN. The average Bonchev–Trinajstić information content (AvgIpc) is 2.15. The van der Waals surface area contributed by atoms with E-state index in [-0.39, 0.29) is 13.2 Å². The molecule has 0 saturated carbocycles. The molecule has 0 rings (SSSR count). The monoisotopic (exact) mass is 256 g/mol. The lowest BCUT2D eigenvalue weighted by atomic mass is 10.4. The van der Waals surface area contributed by atoms with Crippen molar-refractivity contribution in [2.24, 2.45) is 5.73 Å². The van der Waals surface area contributed by atoms with Gasteiger partial charge in [0.25, 0.3) is 0 Å². The molecule has 0 unspecified atom stereocenters. The van der Waals surface area contributed by atoms with Gasteiger partial charge in [0, 0.05) is 0 Å². The number of hydrogen-bond acceptors (Lipinski definition) is 6. The van der Waals surface area contributed by atoms with Crippen molar-refractivity contribution in [2.45, 2.75) is 20.3 Å². The molecule has 0 aliphatic carbocycles. The topological polar surface area (TPSA) is 81.9 Å². The van der Waals surface area contributed by atoms with Gasteiger partial charge in [-0.25, -0.2) is 8.37 Å². The van der Waals surface area contributed by atoms with Crippen LogP contribution in [-0.4, -0.2) is 53.7 Å². The summed E-state index contributed by atoms with van der Waals surface area (Å²) in [5.74, 6) is 0. The summed E-state index contributed by atoms with van der Waals surface area (Å²) in [5, 5.41) is 0. The Morgan fingerprint density at radius 1 is 1.12 bits per heavy atom. The first kappa shape index (κ1) is 18.2. The quantitative estimate of drug-likeness (QED) is 0.701. The van der Waals surface area contributed by atoms with Crippen molar-refractivity contribution in [1.29, 1.82) is 0 Å². The molecule has 0 radical (unpaired) electrons. The van der Waals surface area contributed by atoms with E-state index in [0.29, 0.717) is 0 Å². The van der Waals surface area contributed by atoms with Crippen LogP contribution in [0.4, 0.5) is 0 Å². The summed E-state index contributed by atoms with van der Waals surface area (Å²) < 4.78 is 29.2. The standard InChI is InChI=1S/C5H14N2.C4H10O4S/c1-7(2)5-3-4-6;1-3-7-9(5,6)8-4-2/h3-6H2,1-2H3;3-4H2,1-2H3. The minimum atomic E-state index is -3.68. The molecule has 0 amide bonds. The third kappa shape index (κ3) is 16.2. The van der Waals surface area contributed by atoms with Gasteiger partial charge < -0.3 is 10.6 Å². The van der Waals surface area contributed by atoms with Crippen LogP contribution < -0.4 is 5.73 Å². The van der Waals surface area contributed by atoms with Gasteiger partial charge in [-0.2, -0.15) is 8.42 Å². The van der Waals surface area contributed by atoms with Crippen LogP contribution in [0.25, 0.3) is 0 Å². The van der Waals surface area contributed by atoms with Crippen molar-refractivity contribution in [2.75, 3.05) is 40.4 Å². The van der Waals surface area contributed by atoms with Crippen LogP contribution in [0.3, 0.4) is 0 Å². The summed E-state index contributed by atoms with van der Waals surface area (Å²) in [6, 6.07) is 0. The molecule has 7 heteroatoms. The fraction of sp³-hybridized carbons (Fsp3) is 1.00. The number of nitrogens with two attached hydrogens (primary N) is 1. The Morgan fingerprint density at radius 2 is 1.56 bits per heavy atom. The molecule has 0 bridgehead atoms. The Balaban J connectivity index is 0. The van der Waals surface area contributed by atoms with Crippen LogP contribution in [-0.2, 0) is 18.8 Å².